The van der Waals surface area contributed by atoms with Gasteiger partial charge in [0.1, 0.15) is 18.1 Å². The van der Waals surface area contributed by atoms with Gasteiger partial charge in [-0.05, 0) is 67.9 Å². The van der Waals surface area contributed by atoms with E-state index in [1.54, 1.807) is 24.5 Å². The molecule has 10 heteroatoms. The summed E-state index contributed by atoms with van der Waals surface area (Å²) in [5, 5.41) is 12.2. The van der Waals surface area contributed by atoms with Gasteiger partial charge in [0.05, 0.1) is 5.92 Å². The number of hydrogen-bond donors (Lipinski definition) is 2. The molecule has 1 fully saturated rings. The molecular weight excluding hydrogens is 458 g/mol. The molecular formula is C25H26F2N4O4. The summed E-state index contributed by atoms with van der Waals surface area (Å²) < 4.78 is 34.7. The van der Waals surface area contributed by atoms with Crippen LogP contribution in [0.25, 0.3) is 11.1 Å². The first-order valence-corrected chi connectivity index (χ1v) is 11.3. The molecule has 1 aromatic heterocycles. The minimum atomic E-state index is -2.86. The molecule has 2 heterocycles. The maximum atomic E-state index is 12.3. The van der Waals surface area contributed by atoms with Crippen molar-refractivity contribution in [2.75, 3.05) is 31.6 Å². The van der Waals surface area contributed by atoms with Crippen molar-refractivity contribution >= 4 is 17.6 Å². The van der Waals surface area contributed by atoms with E-state index < -0.39 is 12.6 Å². The first kappa shape index (κ1) is 24.3. The second-order valence-electron chi connectivity index (χ2n) is 8.15. The van der Waals surface area contributed by atoms with Crippen LogP contribution in [0.1, 0.15) is 12.8 Å². The van der Waals surface area contributed by atoms with E-state index in [2.05, 4.69) is 24.9 Å². The number of anilines is 2. The highest BCUT2D eigenvalue weighted by atomic mass is 19.3. The number of likely N-dealkylation sites (tertiary alicyclic amines) is 1. The van der Waals surface area contributed by atoms with Gasteiger partial charge in [-0.25, -0.2) is 9.97 Å². The Kier molecular flexibility index (Phi) is 8.04. The lowest BCUT2D eigenvalue weighted by molar-refractivity contribution is -0.143. The molecule has 8 nitrogen and oxygen atoms in total. The van der Waals surface area contributed by atoms with Crippen LogP contribution in [0.3, 0.4) is 0 Å². The third-order valence-corrected chi connectivity index (χ3v) is 5.79. The fourth-order valence-electron chi connectivity index (χ4n) is 3.83. The highest BCUT2D eigenvalue weighted by molar-refractivity contribution is 5.70. The van der Waals surface area contributed by atoms with E-state index in [1.165, 1.54) is 12.1 Å². The average Bonchev–Trinajstić information content (AvgIpc) is 2.86. The van der Waals surface area contributed by atoms with E-state index in [-0.39, 0.29) is 11.7 Å². The van der Waals surface area contributed by atoms with Crippen LogP contribution in [0, 0.1) is 5.92 Å². The van der Waals surface area contributed by atoms with Crippen molar-refractivity contribution in [2.45, 2.75) is 19.5 Å². The van der Waals surface area contributed by atoms with Crippen molar-refractivity contribution < 1.29 is 28.2 Å². The van der Waals surface area contributed by atoms with Crippen LogP contribution < -0.4 is 14.8 Å². The SMILES string of the molecule is O=C(O)C1CCN(CCOc2ccc(Nc3ncc(-c4ccc(OC(F)F)cc4)cn3)cc2)CC1. The molecule has 1 saturated heterocycles. The molecule has 0 atom stereocenters. The minimum absolute atomic E-state index is 0.0933. The van der Waals surface area contributed by atoms with Gasteiger partial charge in [-0.2, -0.15) is 8.78 Å². The molecule has 184 valence electrons. The number of halogens is 2. The van der Waals surface area contributed by atoms with Gasteiger partial charge in [0, 0.05) is 30.2 Å². The summed E-state index contributed by atoms with van der Waals surface area (Å²) in [5.74, 6) is 0.326. The maximum Gasteiger partial charge on any atom is 0.387 e. The van der Waals surface area contributed by atoms with E-state index >= 15 is 0 Å². The first-order valence-electron chi connectivity index (χ1n) is 11.3. The predicted molar refractivity (Wildman–Crippen MR) is 126 cm³/mol. The Balaban J connectivity index is 1.23. The number of rotatable bonds is 10. The molecule has 35 heavy (non-hydrogen) atoms. The number of nitrogens with one attached hydrogen (secondary N) is 1. The molecule has 0 saturated carbocycles. The Morgan fingerprint density at radius 2 is 1.63 bits per heavy atom. The number of carboxylic acids is 1. The number of carboxylic acid groups (broad SMARTS) is 1. The summed E-state index contributed by atoms with van der Waals surface area (Å²) in [4.78, 5) is 21.9. The third kappa shape index (κ3) is 7.10. The van der Waals surface area contributed by atoms with E-state index in [9.17, 15) is 13.6 Å². The monoisotopic (exact) mass is 484 g/mol. The second-order valence-corrected chi connectivity index (χ2v) is 8.15. The van der Waals surface area contributed by atoms with Crippen LogP contribution >= 0.6 is 0 Å². The van der Waals surface area contributed by atoms with Gasteiger partial charge >= 0.3 is 12.6 Å². The van der Waals surface area contributed by atoms with E-state index in [0.717, 1.165) is 42.2 Å². The molecule has 1 aliphatic heterocycles. The molecule has 0 bridgehead atoms. The van der Waals surface area contributed by atoms with Gasteiger partial charge in [-0.1, -0.05) is 12.1 Å². The number of nitrogens with zero attached hydrogens (tertiary/aromatic N) is 3. The van der Waals surface area contributed by atoms with E-state index in [0.29, 0.717) is 25.4 Å². The van der Waals surface area contributed by atoms with Gasteiger partial charge in [-0.3, -0.25) is 9.69 Å². The molecule has 0 amide bonds. The molecule has 0 radical (unpaired) electrons. The topological polar surface area (TPSA) is 96.8 Å². The Hall–Kier alpha value is -3.79. The van der Waals surface area contributed by atoms with Crippen molar-refractivity contribution in [3.8, 4) is 22.6 Å². The summed E-state index contributed by atoms with van der Waals surface area (Å²) in [7, 11) is 0. The molecule has 0 spiro atoms. The summed E-state index contributed by atoms with van der Waals surface area (Å²) in [6, 6.07) is 13.7. The Morgan fingerprint density at radius 3 is 2.23 bits per heavy atom. The molecule has 3 aromatic rings. The fraction of sp³-hybridized carbons (Fsp3) is 0.320. The standard InChI is InChI=1S/C25H26F2N4O4/c26-24(27)35-22-5-1-17(2-6-22)19-15-28-25(29-16-19)30-20-3-7-21(8-4-20)34-14-13-31-11-9-18(10-12-31)23(32)33/h1-8,15-16,18,24H,9-14H2,(H,32,33)(H,28,29,30). The summed E-state index contributed by atoms with van der Waals surface area (Å²) in [6.45, 7) is -0.00958. The van der Waals surface area contributed by atoms with Gasteiger partial charge < -0.3 is 19.9 Å². The lowest BCUT2D eigenvalue weighted by atomic mass is 9.97. The lowest BCUT2D eigenvalue weighted by Crippen LogP contribution is -2.38. The lowest BCUT2D eigenvalue weighted by Gasteiger charge is -2.29. The Labute approximate surface area is 201 Å². The number of hydrogen-bond acceptors (Lipinski definition) is 7. The zero-order valence-electron chi connectivity index (χ0n) is 18.9. The minimum Gasteiger partial charge on any atom is -0.492 e. The van der Waals surface area contributed by atoms with Gasteiger partial charge in [0.15, 0.2) is 0 Å². The quantitative estimate of drug-likeness (QED) is 0.429. The summed E-state index contributed by atoms with van der Waals surface area (Å²) in [6.07, 6.45) is 4.66. The van der Waals surface area contributed by atoms with Crippen LogP contribution in [0.15, 0.2) is 60.9 Å². The molecule has 2 N–H and O–H groups in total. The van der Waals surface area contributed by atoms with Crippen LogP contribution in [0.5, 0.6) is 11.5 Å². The Morgan fingerprint density at radius 1 is 1.00 bits per heavy atom. The summed E-state index contributed by atoms with van der Waals surface area (Å²) in [5.41, 5.74) is 2.33. The molecule has 0 unspecified atom stereocenters. The smallest absolute Gasteiger partial charge is 0.387 e. The molecule has 1 aliphatic rings. The zero-order valence-corrected chi connectivity index (χ0v) is 18.9. The number of benzene rings is 2. The van der Waals surface area contributed by atoms with Crippen LogP contribution in [0.2, 0.25) is 0 Å². The number of piperidine rings is 1. The van der Waals surface area contributed by atoms with Crippen molar-refractivity contribution in [2.24, 2.45) is 5.92 Å². The van der Waals surface area contributed by atoms with Crippen molar-refractivity contribution in [3.05, 3.63) is 60.9 Å². The van der Waals surface area contributed by atoms with E-state index in [1.807, 2.05) is 24.3 Å². The largest absolute Gasteiger partial charge is 0.492 e. The second kappa shape index (κ2) is 11.6. The average molecular weight is 485 g/mol. The predicted octanol–water partition coefficient (Wildman–Crippen LogP) is 4.66. The molecule has 0 aliphatic carbocycles. The first-order chi connectivity index (χ1) is 17.0. The number of aromatic nitrogens is 2. The maximum absolute atomic E-state index is 12.3. The van der Waals surface area contributed by atoms with E-state index in [4.69, 9.17) is 9.84 Å². The van der Waals surface area contributed by atoms with Crippen LogP contribution in [0.4, 0.5) is 20.4 Å². The number of aliphatic carboxylic acids is 1. The Bertz CT molecular complexity index is 1090. The van der Waals surface area contributed by atoms with Gasteiger partial charge in [0.25, 0.3) is 0 Å². The van der Waals surface area contributed by atoms with Gasteiger partial charge in [-0.15, -0.1) is 0 Å². The highest BCUT2D eigenvalue weighted by Crippen LogP contribution is 2.24. The number of alkyl halides is 2. The van der Waals surface area contributed by atoms with Crippen LogP contribution in [-0.4, -0.2) is 58.8 Å². The zero-order chi connectivity index (χ0) is 24.6. The highest BCUT2D eigenvalue weighted by Gasteiger charge is 2.24. The summed E-state index contributed by atoms with van der Waals surface area (Å²) >= 11 is 0. The third-order valence-electron chi connectivity index (χ3n) is 5.79. The number of carbonyl (C=O) groups is 1. The van der Waals surface area contributed by atoms with Crippen molar-refractivity contribution in [1.82, 2.24) is 14.9 Å². The molecule has 4 rings (SSSR count). The normalized spacial score (nSPS) is 14.6. The van der Waals surface area contributed by atoms with Crippen molar-refractivity contribution in [1.29, 1.82) is 0 Å². The number of ether oxygens (including phenoxy) is 2. The molecule has 2 aromatic carbocycles. The fourth-order valence-corrected chi connectivity index (χ4v) is 3.83. The van der Waals surface area contributed by atoms with Crippen LogP contribution in [-0.2, 0) is 4.79 Å². The van der Waals surface area contributed by atoms with Crippen molar-refractivity contribution in [3.63, 3.8) is 0 Å². The van der Waals surface area contributed by atoms with Gasteiger partial charge in [0.2, 0.25) is 5.95 Å².